The zero-order valence-electron chi connectivity index (χ0n) is 16.4. The highest BCUT2D eigenvalue weighted by Crippen LogP contribution is 2.32. The highest BCUT2D eigenvalue weighted by Gasteiger charge is 2.34. The Morgan fingerprint density at radius 3 is 2.39 bits per heavy atom. The van der Waals surface area contributed by atoms with Gasteiger partial charge in [0.1, 0.15) is 5.75 Å². The molecule has 0 aliphatic carbocycles. The van der Waals surface area contributed by atoms with Crippen molar-refractivity contribution in [3.05, 3.63) is 59.7 Å². The van der Waals surface area contributed by atoms with Crippen molar-refractivity contribution < 1.29 is 17.9 Å². The third-order valence-electron chi connectivity index (χ3n) is 5.07. The van der Waals surface area contributed by atoms with Crippen molar-refractivity contribution in [2.24, 2.45) is 0 Å². The first-order chi connectivity index (χ1) is 13.3. The predicted octanol–water partition coefficient (Wildman–Crippen LogP) is 3.03. The van der Waals surface area contributed by atoms with Gasteiger partial charge in [0.25, 0.3) is 0 Å². The van der Waals surface area contributed by atoms with Crippen LogP contribution in [0, 0.1) is 6.92 Å². The Bertz CT molecular complexity index is 924. The van der Waals surface area contributed by atoms with Crippen molar-refractivity contribution in [2.45, 2.75) is 43.7 Å². The summed E-state index contributed by atoms with van der Waals surface area (Å²) in [5.74, 6) is 0.362. The molecule has 2 aromatic carbocycles. The summed E-state index contributed by atoms with van der Waals surface area (Å²) in [6.45, 7) is 4.25. The summed E-state index contributed by atoms with van der Waals surface area (Å²) in [4.78, 5) is 14.9. The maximum Gasteiger partial charge on any atom is 0.241 e. The fourth-order valence-corrected chi connectivity index (χ4v) is 4.72. The smallest absolute Gasteiger partial charge is 0.241 e. The van der Waals surface area contributed by atoms with Gasteiger partial charge in [0.2, 0.25) is 15.9 Å². The van der Waals surface area contributed by atoms with Crippen LogP contribution in [0.5, 0.6) is 5.75 Å². The maximum atomic E-state index is 13.0. The lowest BCUT2D eigenvalue weighted by Gasteiger charge is -2.28. The van der Waals surface area contributed by atoms with E-state index in [0.29, 0.717) is 12.3 Å². The summed E-state index contributed by atoms with van der Waals surface area (Å²) in [6, 6.07) is 13.4. The van der Waals surface area contributed by atoms with E-state index in [1.54, 1.807) is 24.0 Å². The molecule has 0 unspecified atom stereocenters. The van der Waals surface area contributed by atoms with Gasteiger partial charge in [0, 0.05) is 6.54 Å². The molecule has 1 amide bonds. The number of aryl methyl sites for hydroxylation is 1. The second-order valence-corrected chi connectivity index (χ2v) is 8.83. The number of carbonyl (C=O) groups excluding carboxylic acids is 1. The number of sulfonamides is 1. The van der Waals surface area contributed by atoms with Gasteiger partial charge in [-0.2, -0.15) is 4.72 Å². The fourth-order valence-electron chi connectivity index (χ4n) is 3.52. The number of methoxy groups -OCH3 is 1. The van der Waals surface area contributed by atoms with Crippen LogP contribution in [0.4, 0.5) is 0 Å². The quantitative estimate of drug-likeness (QED) is 0.806. The number of likely N-dealkylation sites (tertiary alicyclic amines) is 1. The largest absolute Gasteiger partial charge is 0.497 e. The zero-order chi connectivity index (χ0) is 20.3. The minimum atomic E-state index is -3.80. The molecule has 2 aromatic rings. The molecule has 1 aliphatic heterocycles. The highest BCUT2D eigenvalue weighted by atomic mass is 32.2. The lowest BCUT2D eigenvalue weighted by Crippen LogP contribution is -2.46. The molecule has 1 saturated heterocycles. The number of carbonyl (C=O) groups is 1. The van der Waals surface area contributed by atoms with Crippen LogP contribution >= 0.6 is 0 Å². The summed E-state index contributed by atoms with van der Waals surface area (Å²) in [5.41, 5.74) is 2.25. The highest BCUT2D eigenvalue weighted by molar-refractivity contribution is 7.89. The summed E-state index contributed by atoms with van der Waals surface area (Å²) in [5, 5.41) is 0. The van der Waals surface area contributed by atoms with E-state index in [1.165, 1.54) is 24.8 Å². The molecule has 0 saturated carbocycles. The molecule has 2 atom stereocenters. The number of nitrogens with one attached hydrogen (secondary N) is 1. The predicted molar refractivity (Wildman–Crippen MR) is 108 cm³/mol. The number of ether oxygens (including phenoxy) is 1. The van der Waals surface area contributed by atoms with Crippen LogP contribution in [-0.4, -0.2) is 38.9 Å². The molecule has 0 spiro atoms. The zero-order valence-corrected chi connectivity index (χ0v) is 17.2. The van der Waals surface area contributed by atoms with Gasteiger partial charge in [-0.3, -0.25) is 4.79 Å². The topological polar surface area (TPSA) is 75.7 Å². The van der Waals surface area contributed by atoms with E-state index < -0.39 is 16.1 Å². The third-order valence-corrected chi connectivity index (χ3v) is 6.63. The standard InChI is InChI=1S/C21H26N2O4S/c1-15-6-8-17(9-7-15)20-5-4-14-23(20)21(24)16(2)22-28(25,26)19-12-10-18(27-3)11-13-19/h6-13,16,20,22H,4-5,14H2,1-3H3/t16-,20-/m1/s1. The molecule has 6 nitrogen and oxygen atoms in total. The lowest BCUT2D eigenvalue weighted by atomic mass is 10.0. The van der Waals surface area contributed by atoms with Crippen molar-refractivity contribution in [3.8, 4) is 5.75 Å². The molecule has 0 radical (unpaired) electrons. The van der Waals surface area contributed by atoms with E-state index in [9.17, 15) is 13.2 Å². The van der Waals surface area contributed by atoms with Crippen molar-refractivity contribution in [1.82, 2.24) is 9.62 Å². The molecular weight excluding hydrogens is 376 g/mol. The number of hydrogen-bond acceptors (Lipinski definition) is 4. The number of amides is 1. The van der Waals surface area contributed by atoms with Gasteiger partial charge in [-0.1, -0.05) is 29.8 Å². The van der Waals surface area contributed by atoms with Crippen molar-refractivity contribution in [3.63, 3.8) is 0 Å². The first-order valence-electron chi connectivity index (χ1n) is 9.35. The van der Waals surface area contributed by atoms with Gasteiger partial charge >= 0.3 is 0 Å². The number of hydrogen-bond donors (Lipinski definition) is 1. The van der Waals surface area contributed by atoms with Crippen LogP contribution < -0.4 is 9.46 Å². The Morgan fingerprint density at radius 1 is 1.14 bits per heavy atom. The van der Waals surface area contributed by atoms with Gasteiger partial charge in [-0.25, -0.2) is 8.42 Å². The Hall–Kier alpha value is -2.38. The minimum absolute atomic E-state index is 0.0129. The van der Waals surface area contributed by atoms with Gasteiger partial charge in [0.15, 0.2) is 0 Å². The van der Waals surface area contributed by atoms with Gasteiger partial charge in [-0.15, -0.1) is 0 Å². The molecule has 0 aromatic heterocycles. The monoisotopic (exact) mass is 402 g/mol. The van der Waals surface area contributed by atoms with Crippen LogP contribution in [0.2, 0.25) is 0 Å². The summed E-state index contributed by atoms with van der Waals surface area (Å²) >= 11 is 0. The number of benzene rings is 2. The molecule has 1 fully saturated rings. The first kappa shape index (κ1) is 20.4. The van der Waals surface area contributed by atoms with Crippen LogP contribution in [0.3, 0.4) is 0 Å². The summed E-state index contributed by atoms with van der Waals surface area (Å²) in [6.07, 6.45) is 1.79. The van der Waals surface area contributed by atoms with Gasteiger partial charge in [0.05, 0.1) is 24.1 Å². The van der Waals surface area contributed by atoms with Crippen molar-refractivity contribution >= 4 is 15.9 Å². The van der Waals surface area contributed by atoms with E-state index in [1.807, 2.05) is 31.2 Å². The van der Waals surface area contributed by atoms with Crippen molar-refractivity contribution in [1.29, 1.82) is 0 Å². The second kappa shape index (κ2) is 8.32. The number of nitrogens with zero attached hydrogens (tertiary/aromatic N) is 1. The number of rotatable bonds is 6. The van der Waals surface area contributed by atoms with E-state index in [4.69, 9.17) is 4.74 Å². The van der Waals surface area contributed by atoms with Crippen LogP contribution in [0.15, 0.2) is 53.4 Å². The third kappa shape index (κ3) is 4.36. The fraction of sp³-hybridized carbons (Fsp3) is 0.381. The van der Waals surface area contributed by atoms with E-state index >= 15 is 0 Å². The molecule has 0 bridgehead atoms. The van der Waals surface area contributed by atoms with E-state index in [2.05, 4.69) is 4.72 Å². The normalized spacial score (nSPS) is 18.1. The molecule has 150 valence electrons. The molecule has 1 N–H and O–H groups in total. The van der Waals surface area contributed by atoms with E-state index in [-0.39, 0.29) is 16.8 Å². The summed E-state index contributed by atoms with van der Waals surface area (Å²) in [7, 11) is -2.28. The molecule has 1 heterocycles. The van der Waals surface area contributed by atoms with Crippen LogP contribution in [0.25, 0.3) is 0 Å². The summed E-state index contributed by atoms with van der Waals surface area (Å²) < 4.78 is 32.8. The van der Waals surface area contributed by atoms with Crippen molar-refractivity contribution in [2.75, 3.05) is 13.7 Å². The minimum Gasteiger partial charge on any atom is -0.497 e. The SMILES string of the molecule is COc1ccc(S(=O)(=O)N[C@H](C)C(=O)N2CCC[C@@H]2c2ccc(C)cc2)cc1. The van der Waals surface area contributed by atoms with Gasteiger partial charge in [-0.05, 0) is 56.5 Å². The average Bonchev–Trinajstić information content (AvgIpc) is 3.17. The van der Waals surface area contributed by atoms with E-state index in [0.717, 1.165) is 18.4 Å². The molecule has 28 heavy (non-hydrogen) atoms. The second-order valence-electron chi connectivity index (χ2n) is 7.12. The maximum absolute atomic E-state index is 13.0. The Labute approximate surface area is 166 Å². The molecule has 3 rings (SSSR count). The lowest BCUT2D eigenvalue weighted by molar-refractivity contribution is -0.133. The Kier molecular flexibility index (Phi) is 6.05. The molecule has 1 aliphatic rings. The van der Waals surface area contributed by atoms with Crippen LogP contribution in [0.1, 0.15) is 36.9 Å². The Balaban J connectivity index is 1.73. The molecular formula is C21H26N2O4S. The Morgan fingerprint density at radius 2 is 1.79 bits per heavy atom. The van der Waals surface area contributed by atoms with Crippen LogP contribution in [-0.2, 0) is 14.8 Å². The molecule has 7 heteroatoms. The average molecular weight is 403 g/mol. The first-order valence-corrected chi connectivity index (χ1v) is 10.8. The van der Waals surface area contributed by atoms with Gasteiger partial charge < -0.3 is 9.64 Å².